The highest BCUT2D eigenvalue weighted by Gasteiger charge is 2.06. The van der Waals surface area contributed by atoms with E-state index in [-0.39, 0.29) is 0 Å². The first-order valence-corrected chi connectivity index (χ1v) is 6.86. The highest BCUT2D eigenvalue weighted by atomic mass is 32.2. The Morgan fingerprint density at radius 3 is 2.67 bits per heavy atom. The first kappa shape index (κ1) is 12.9. The summed E-state index contributed by atoms with van der Waals surface area (Å²) in [6.07, 6.45) is 2.42. The number of hydrogen-bond donors (Lipinski definition) is 1. The molecule has 1 aromatic rings. The van der Waals surface area contributed by atoms with Gasteiger partial charge in [0.2, 0.25) is 0 Å². The third-order valence-corrected chi connectivity index (χ3v) is 3.83. The fraction of sp³-hybridized carbons (Fsp3) is 0.800. The number of aryl methyl sites for hydroxylation is 1. The summed E-state index contributed by atoms with van der Waals surface area (Å²) in [5.74, 6) is 3.82. The second-order valence-electron chi connectivity index (χ2n) is 3.84. The molecule has 0 aromatic carbocycles. The lowest BCUT2D eigenvalue weighted by atomic mass is 10.1. The van der Waals surface area contributed by atoms with Gasteiger partial charge in [0, 0.05) is 12.8 Å². The summed E-state index contributed by atoms with van der Waals surface area (Å²) in [7, 11) is 2.01. The van der Waals surface area contributed by atoms with Crippen molar-refractivity contribution in [3.8, 4) is 0 Å². The van der Waals surface area contributed by atoms with Crippen molar-refractivity contribution >= 4 is 24.4 Å². The molecule has 0 N–H and O–H groups in total. The smallest absolute Gasteiger partial charge is 0.190 e. The first-order chi connectivity index (χ1) is 7.15. The van der Waals surface area contributed by atoms with E-state index >= 15 is 0 Å². The van der Waals surface area contributed by atoms with Crippen LogP contribution in [0.15, 0.2) is 5.16 Å². The van der Waals surface area contributed by atoms with E-state index in [2.05, 4.69) is 29.7 Å². The zero-order valence-corrected chi connectivity index (χ0v) is 11.3. The van der Waals surface area contributed by atoms with Gasteiger partial charge in [-0.3, -0.25) is 0 Å². The van der Waals surface area contributed by atoms with Crippen molar-refractivity contribution in [3.63, 3.8) is 0 Å². The molecule has 5 heteroatoms. The van der Waals surface area contributed by atoms with Crippen LogP contribution in [0.3, 0.4) is 0 Å². The predicted molar refractivity (Wildman–Crippen MR) is 68.7 cm³/mol. The van der Waals surface area contributed by atoms with Gasteiger partial charge in [0.1, 0.15) is 5.82 Å². The largest absolute Gasteiger partial charge is 0.309 e. The second kappa shape index (κ2) is 6.43. The monoisotopic (exact) mass is 245 g/mol. The minimum Gasteiger partial charge on any atom is -0.309 e. The minimum absolute atomic E-state index is 0.754. The van der Waals surface area contributed by atoms with E-state index in [1.807, 2.05) is 18.5 Å². The molecule has 1 unspecified atom stereocenters. The Kier molecular flexibility index (Phi) is 5.53. The van der Waals surface area contributed by atoms with Crippen LogP contribution in [0.4, 0.5) is 0 Å². The fourth-order valence-corrected chi connectivity index (χ4v) is 2.80. The molecule has 86 valence electrons. The van der Waals surface area contributed by atoms with Crippen LogP contribution < -0.4 is 0 Å². The van der Waals surface area contributed by atoms with Crippen molar-refractivity contribution in [2.24, 2.45) is 13.0 Å². The molecule has 15 heavy (non-hydrogen) atoms. The summed E-state index contributed by atoms with van der Waals surface area (Å²) < 4.78 is 2.04. The molecule has 0 spiro atoms. The molecule has 1 aromatic heterocycles. The third-order valence-electron chi connectivity index (χ3n) is 2.52. The highest BCUT2D eigenvalue weighted by molar-refractivity contribution is 7.99. The maximum Gasteiger partial charge on any atom is 0.190 e. The summed E-state index contributed by atoms with van der Waals surface area (Å²) in [5.41, 5.74) is 0. The Morgan fingerprint density at radius 2 is 2.13 bits per heavy atom. The van der Waals surface area contributed by atoms with Crippen LogP contribution in [0.5, 0.6) is 0 Å². The van der Waals surface area contributed by atoms with Crippen molar-refractivity contribution < 1.29 is 0 Å². The summed E-state index contributed by atoms with van der Waals surface area (Å²) in [6, 6.07) is 0. The van der Waals surface area contributed by atoms with E-state index in [0.29, 0.717) is 0 Å². The Hall–Kier alpha value is -0.160. The molecule has 3 nitrogen and oxygen atoms in total. The SMILES string of the molecule is Cc1nnc(SCCC(C)CCS)n1C. The van der Waals surface area contributed by atoms with E-state index in [1.54, 1.807) is 11.8 Å². The minimum atomic E-state index is 0.754. The Balaban J connectivity index is 2.29. The number of hydrogen-bond acceptors (Lipinski definition) is 4. The van der Waals surface area contributed by atoms with Gasteiger partial charge >= 0.3 is 0 Å². The highest BCUT2D eigenvalue weighted by Crippen LogP contribution is 2.19. The van der Waals surface area contributed by atoms with Crippen LogP contribution in [-0.2, 0) is 7.05 Å². The summed E-state index contributed by atoms with van der Waals surface area (Å²) >= 11 is 6.02. The van der Waals surface area contributed by atoms with E-state index in [9.17, 15) is 0 Å². The fourth-order valence-electron chi connectivity index (χ4n) is 1.23. The van der Waals surface area contributed by atoms with Crippen molar-refractivity contribution in [3.05, 3.63) is 5.82 Å². The normalized spacial score (nSPS) is 13.1. The van der Waals surface area contributed by atoms with E-state index < -0.39 is 0 Å². The Labute approximate surface area is 101 Å². The van der Waals surface area contributed by atoms with E-state index in [4.69, 9.17) is 0 Å². The molecule has 0 amide bonds. The maximum absolute atomic E-state index is 4.24. The third kappa shape index (κ3) is 4.07. The van der Waals surface area contributed by atoms with E-state index in [1.165, 1.54) is 12.8 Å². The number of aromatic nitrogens is 3. The topological polar surface area (TPSA) is 30.7 Å². The molecule has 0 aliphatic carbocycles. The molecule has 0 aliphatic heterocycles. The quantitative estimate of drug-likeness (QED) is 0.617. The molecule has 1 heterocycles. The molecular weight excluding hydrogens is 226 g/mol. The van der Waals surface area contributed by atoms with Crippen LogP contribution >= 0.6 is 24.4 Å². The van der Waals surface area contributed by atoms with Crippen LogP contribution in [0.1, 0.15) is 25.6 Å². The molecule has 1 atom stereocenters. The standard InChI is InChI=1S/C10H19N3S2/c1-8(4-6-14)5-7-15-10-12-11-9(2)13(10)3/h8,14H,4-7H2,1-3H3. The van der Waals surface area contributed by atoms with Crippen LogP contribution in [-0.4, -0.2) is 26.3 Å². The van der Waals surface area contributed by atoms with Crippen LogP contribution in [0, 0.1) is 12.8 Å². The Bertz CT molecular complexity index is 299. The maximum atomic E-state index is 4.24. The molecule has 0 bridgehead atoms. The summed E-state index contributed by atoms with van der Waals surface area (Å²) in [4.78, 5) is 0. The number of rotatable bonds is 6. The lowest BCUT2D eigenvalue weighted by Crippen LogP contribution is -1.99. The first-order valence-electron chi connectivity index (χ1n) is 5.24. The lowest BCUT2D eigenvalue weighted by molar-refractivity contribution is 0.553. The van der Waals surface area contributed by atoms with Crippen LogP contribution in [0.25, 0.3) is 0 Å². The summed E-state index contributed by atoms with van der Waals surface area (Å²) in [5, 5.41) is 9.17. The molecule has 1 rings (SSSR count). The average Bonchev–Trinajstić information content (AvgIpc) is 2.50. The zero-order valence-electron chi connectivity index (χ0n) is 9.60. The second-order valence-corrected chi connectivity index (χ2v) is 5.35. The predicted octanol–water partition coefficient (Wildman–Crippen LogP) is 2.56. The molecular formula is C10H19N3S2. The average molecular weight is 245 g/mol. The van der Waals surface area contributed by atoms with Gasteiger partial charge in [-0.25, -0.2) is 0 Å². The van der Waals surface area contributed by atoms with Gasteiger partial charge < -0.3 is 4.57 Å². The lowest BCUT2D eigenvalue weighted by Gasteiger charge is -2.08. The molecule has 0 aliphatic rings. The van der Waals surface area contributed by atoms with Crippen molar-refractivity contribution in [1.82, 2.24) is 14.8 Å². The number of thiol groups is 1. The van der Waals surface area contributed by atoms with Gasteiger partial charge in [-0.05, 0) is 31.4 Å². The molecule has 0 saturated carbocycles. The van der Waals surface area contributed by atoms with Gasteiger partial charge in [0.25, 0.3) is 0 Å². The molecule has 0 radical (unpaired) electrons. The van der Waals surface area contributed by atoms with Crippen molar-refractivity contribution in [2.45, 2.75) is 31.8 Å². The van der Waals surface area contributed by atoms with Gasteiger partial charge in [-0.15, -0.1) is 10.2 Å². The van der Waals surface area contributed by atoms with Crippen LogP contribution in [0.2, 0.25) is 0 Å². The molecule has 0 fully saturated rings. The van der Waals surface area contributed by atoms with Crippen molar-refractivity contribution in [1.29, 1.82) is 0 Å². The zero-order chi connectivity index (χ0) is 11.3. The Morgan fingerprint density at radius 1 is 1.40 bits per heavy atom. The number of thioether (sulfide) groups is 1. The van der Waals surface area contributed by atoms with E-state index in [0.717, 1.165) is 28.4 Å². The summed E-state index contributed by atoms with van der Waals surface area (Å²) in [6.45, 7) is 4.25. The van der Waals surface area contributed by atoms with Gasteiger partial charge in [0.05, 0.1) is 0 Å². The molecule has 0 saturated heterocycles. The van der Waals surface area contributed by atoms with Gasteiger partial charge in [0.15, 0.2) is 5.16 Å². The van der Waals surface area contributed by atoms with Gasteiger partial charge in [-0.1, -0.05) is 18.7 Å². The number of nitrogens with zero attached hydrogens (tertiary/aromatic N) is 3. The van der Waals surface area contributed by atoms with Crippen molar-refractivity contribution in [2.75, 3.05) is 11.5 Å². The van der Waals surface area contributed by atoms with Gasteiger partial charge in [-0.2, -0.15) is 12.6 Å².